The van der Waals surface area contributed by atoms with Crippen molar-refractivity contribution in [3.05, 3.63) is 29.8 Å². The average Bonchev–Trinajstić information content (AvgIpc) is 2.27. The highest BCUT2D eigenvalue weighted by Crippen LogP contribution is 2.19. The Morgan fingerprint density at radius 1 is 1.28 bits per heavy atom. The van der Waals surface area contributed by atoms with Crippen LogP contribution in [0.4, 0.5) is 14.5 Å². The van der Waals surface area contributed by atoms with Crippen molar-refractivity contribution in [2.24, 2.45) is 11.8 Å². The van der Waals surface area contributed by atoms with E-state index in [1.165, 1.54) is 0 Å². The maximum atomic E-state index is 13.0. The topological polar surface area (TPSA) is 41.1 Å². The summed E-state index contributed by atoms with van der Waals surface area (Å²) in [5.41, 5.74) is 0.163. The van der Waals surface area contributed by atoms with Crippen molar-refractivity contribution in [1.29, 1.82) is 0 Å². The van der Waals surface area contributed by atoms with Crippen molar-refractivity contribution in [1.82, 2.24) is 5.32 Å². The Balaban J connectivity index is 2.02. The van der Waals surface area contributed by atoms with Gasteiger partial charge >= 0.3 is 0 Å². The summed E-state index contributed by atoms with van der Waals surface area (Å²) in [6, 6.07) is 3.00. The molecule has 0 aliphatic carbocycles. The molecule has 18 heavy (non-hydrogen) atoms. The number of piperidine rings is 1. The minimum atomic E-state index is -0.694. The molecule has 1 fully saturated rings. The molecular formula is C13H16F2N2O. The first kappa shape index (κ1) is 13.0. The molecule has 1 aliphatic rings. The highest BCUT2D eigenvalue weighted by molar-refractivity contribution is 5.92. The van der Waals surface area contributed by atoms with Gasteiger partial charge < -0.3 is 10.6 Å². The lowest BCUT2D eigenvalue weighted by Gasteiger charge is -2.26. The van der Waals surface area contributed by atoms with Crippen molar-refractivity contribution in [2.75, 3.05) is 18.4 Å². The lowest BCUT2D eigenvalue weighted by atomic mass is 9.91. The third kappa shape index (κ3) is 3.26. The van der Waals surface area contributed by atoms with Gasteiger partial charge in [0.15, 0.2) is 0 Å². The maximum absolute atomic E-state index is 13.0. The van der Waals surface area contributed by atoms with Crippen LogP contribution >= 0.6 is 0 Å². The second-order valence-corrected chi connectivity index (χ2v) is 4.84. The molecule has 98 valence electrons. The molecule has 1 amide bonds. The predicted octanol–water partition coefficient (Wildman–Crippen LogP) is 2.15. The molecule has 2 rings (SSSR count). The summed E-state index contributed by atoms with van der Waals surface area (Å²) in [5.74, 6) is -1.31. The van der Waals surface area contributed by atoms with E-state index in [1.54, 1.807) is 0 Å². The van der Waals surface area contributed by atoms with E-state index in [0.717, 1.165) is 31.2 Å². The Bertz CT molecular complexity index is 430. The van der Waals surface area contributed by atoms with Gasteiger partial charge in [0.2, 0.25) is 5.91 Å². The zero-order chi connectivity index (χ0) is 13.1. The maximum Gasteiger partial charge on any atom is 0.228 e. The molecule has 3 nitrogen and oxygen atoms in total. The monoisotopic (exact) mass is 254 g/mol. The molecule has 0 saturated carbocycles. The van der Waals surface area contributed by atoms with Crippen LogP contribution < -0.4 is 10.6 Å². The molecule has 2 N–H and O–H groups in total. The van der Waals surface area contributed by atoms with E-state index in [0.29, 0.717) is 12.5 Å². The smallest absolute Gasteiger partial charge is 0.228 e. The molecule has 1 aromatic rings. The van der Waals surface area contributed by atoms with Crippen LogP contribution in [0, 0.1) is 23.5 Å². The molecule has 1 aromatic carbocycles. The molecule has 1 saturated heterocycles. The van der Waals surface area contributed by atoms with Gasteiger partial charge in [0.05, 0.1) is 5.92 Å². The Labute approximate surface area is 105 Å². The molecule has 0 bridgehead atoms. The zero-order valence-electron chi connectivity index (χ0n) is 10.2. The van der Waals surface area contributed by atoms with Gasteiger partial charge in [-0.1, -0.05) is 6.92 Å². The van der Waals surface area contributed by atoms with E-state index in [9.17, 15) is 13.6 Å². The number of anilines is 1. The number of halogens is 2. The van der Waals surface area contributed by atoms with Crippen molar-refractivity contribution in [2.45, 2.75) is 13.3 Å². The van der Waals surface area contributed by atoms with E-state index >= 15 is 0 Å². The van der Waals surface area contributed by atoms with Crippen molar-refractivity contribution >= 4 is 11.6 Å². The highest BCUT2D eigenvalue weighted by Gasteiger charge is 2.24. The third-order valence-corrected chi connectivity index (χ3v) is 3.07. The number of hydrogen-bond acceptors (Lipinski definition) is 2. The molecule has 2 atom stereocenters. The number of benzene rings is 1. The van der Waals surface area contributed by atoms with Gasteiger partial charge in [-0.05, 0) is 31.0 Å². The fraction of sp³-hybridized carbons (Fsp3) is 0.462. The summed E-state index contributed by atoms with van der Waals surface area (Å²) < 4.78 is 26.0. The molecule has 0 aromatic heterocycles. The van der Waals surface area contributed by atoms with Gasteiger partial charge in [0.1, 0.15) is 11.6 Å². The molecule has 1 aliphatic heterocycles. The van der Waals surface area contributed by atoms with Gasteiger partial charge in [-0.25, -0.2) is 8.78 Å². The van der Waals surface area contributed by atoms with Crippen LogP contribution in [-0.4, -0.2) is 19.0 Å². The van der Waals surface area contributed by atoms with Crippen LogP contribution in [0.15, 0.2) is 18.2 Å². The summed E-state index contributed by atoms with van der Waals surface area (Å²) in [5, 5.41) is 5.72. The molecule has 0 spiro atoms. The average molecular weight is 254 g/mol. The van der Waals surface area contributed by atoms with Crippen molar-refractivity contribution in [3.63, 3.8) is 0 Å². The Kier molecular flexibility index (Phi) is 3.91. The van der Waals surface area contributed by atoms with Crippen LogP contribution in [0.5, 0.6) is 0 Å². The van der Waals surface area contributed by atoms with Crippen LogP contribution in [0.25, 0.3) is 0 Å². The normalized spacial score (nSPS) is 23.7. The minimum absolute atomic E-state index is 0.153. The molecule has 0 radical (unpaired) electrons. The quantitative estimate of drug-likeness (QED) is 0.849. The van der Waals surface area contributed by atoms with Crippen LogP contribution in [-0.2, 0) is 4.79 Å². The molecule has 2 unspecified atom stereocenters. The standard InChI is InChI=1S/C13H16F2N2O/c1-8-2-9(7-16-6-8)13(18)17-12-4-10(14)3-11(15)5-12/h3-5,8-9,16H,2,6-7H2,1H3,(H,17,18). The highest BCUT2D eigenvalue weighted by atomic mass is 19.1. The number of carbonyl (C=O) groups excluding carboxylic acids is 1. The summed E-state index contributed by atoms with van der Waals surface area (Å²) >= 11 is 0. The first-order chi connectivity index (χ1) is 8.54. The van der Waals surface area contributed by atoms with Gasteiger partial charge in [0, 0.05) is 18.3 Å². The predicted molar refractivity (Wildman–Crippen MR) is 65.1 cm³/mol. The molecular weight excluding hydrogens is 238 g/mol. The third-order valence-electron chi connectivity index (χ3n) is 3.07. The van der Waals surface area contributed by atoms with Gasteiger partial charge in [-0.3, -0.25) is 4.79 Å². The Hall–Kier alpha value is -1.49. The number of rotatable bonds is 2. The van der Waals surface area contributed by atoms with Crippen LogP contribution in [0.3, 0.4) is 0 Å². The molecule has 1 heterocycles. The molecule has 5 heteroatoms. The SMILES string of the molecule is CC1CNCC(C(=O)Nc2cc(F)cc(F)c2)C1. The Morgan fingerprint density at radius 3 is 2.56 bits per heavy atom. The van der Waals surface area contributed by atoms with E-state index in [4.69, 9.17) is 0 Å². The fourth-order valence-electron chi connectivity index (χ4n) is 2.23. The first-order valence-corrected chi connectivity index (χ1v) is 6.02. The second kappa shape index (κ2) is 5.44. The van der Waals surface area contributed by atoms with E-state index in [1.807, 2.05) is 0 Å². The van der Waals surface area contributed by atoms with Crippen molar-refractivity contribution in [3.8, 4) is 0 Å². The van der Waals surface area contributed by atoms with E-state index < -0.39 is 11.6 Å². The fourth-order valence-corrected chi connectivity index (χ4v) is 2.23. The largest absolute Gasteiger partial charge is 0.326 e. The van der Waals surface area contributed by atoms with E-state index in [-0.39, 0.29) is 17.5 Å². The number of amides is 1. The summed E-state index contributed by atoms with van der Waals surface area (Å²) in [7, 11) is 0. The second-order valence-electron chi connectivity index (χ2n) is 4.84. The summed E-state index contributed by atoms with van der Waals surface area (Å²) in [4.78, 5) is 11.9. The zero-order valence-corrected chi connectivity index (χ0v) is 10.2. The Morgan fingerprint density at radius 2 is 1.94 bits per heavy atom. The number of nitrogens with one attached hydrogen (secondary N) is 2. The first-order valence-electron chi connectivity index (χ1n) is 6.02. The lowest BCUT2D eigenvalue weighted by Crippen LogP contribution is -2.40. The van der Waals surface area contributed by atoms with Gasteiger partial charge in [-0.15, -0.1) is 0 Å². The number of carbonyl (C=O) groups is 1. The van der Waals surface area contributed by atoms with Crippen LogP contribution in [0.1, 0.15) is 13.3 Å². The summed E-state index contributed by atoms with van der Waals surface area (Å²) in [6.07, 6.45) is 0.788. The van der Waals surface area contributed by atoms with Gasteiger partial charge in [0.25, 0.3) is 0 Å². The van der Waals surface area contributed by atoms with Gasteiger partial charge in [-0.2, -0.15) is 0 Å². The van der Waals surface area contributed by atoms with Crippen molar-refractivity contribution < 1.29 is 13.6 Å². The summed E-state index contributed by atoms with van der Waals surface area (Å²) in [6.45, 7) is 3.57. The van der Waals surface area contributed by atoms with E-state index in [2.05, 4.69) is 17.6 Å². The van der Waals surface area contributed by atoms with Crippen LogP contribution in [0.2, 0.25) is 0 Å². The lowest BCUT2D eigenvalue weighted by molar-refractivity contribution is -0.120. The minimum Gasteiger partial charge on any atom is -0.326 e. The number of hydrogen-bond donors (Lipinski definition) is 2.